The highest BCUT2D eigenvalue weighted by molar-refractivity contribution is 9.10. The minimum atomic E-state index is -0.566. The molecule has 0 fully saturated rings. The van der Waals surface area contributed by atoms with E-state index < -0.39 is 6.10 Å². The Labute approximate surface area is 121 Å². The molecule has 0 bridgehead atoms. The number of aliphatic hydroxyl groups is 1. The molecule has 2 rings (SSSR count). The highest BCUT2D eigenvalue weighted by Gasteiger charge is 2.13. The molecule has 0 amide bonds. The Morgan fingerprint density at radius 3 is 2.89 bits per heavy atom. The van der Waals surface area contributed by atoms with E-state index in [1.807, 2.05) is 31.3 Å². The number of aromatic nitrogens is 2. The fourth-order valence-electron chi connectivity index (χ4n) is 1.89. The number of halogens is 1. The monoisotopic (exact) mass is 324 g/mol. The molecule has 2 aromatic rings. The number of nitrogens with zero attached hydrogens (tertiary/aromatic N) is 2. The smallest absolute Gasteiger partial charge is 0.119 e. The number of hydrogen-bond acceptors (Lipinski definition) is 3. The quantitative estimate of drug-likeness (QED) is 0.919. The lowest BCUT2D eigenvalue weighted by atomic mass is 10.0. The third-order valence-electron chi connectivity index (χ3n) is 3.03. The molecule has 0 spiro atoms. The number of ether oxygens (including phenoxy) is 1. The molecule has 1 N–H and O–H groups in total. The van der Waals surface area contributed by atoms with Crippen molar-refractivity contribution >= 4 is 15.9 Å². The van der Waals surface area contributed by atoms with Crippen molar-refractivity contribution in [2.45, 2.75) is 26.0 Å². The first-order chi connectivity index (χ1) is 9.13. The van der Waals surface area contributed by atoms with Crippen molar-refractivity contribution in [3.63, 3.8) is 0 Å². The summed E-state index contributed by atoms with van der Waals surface area (Å²) in [6.45, 7) is 2.82. The molecule has 1 aromatic carbocycles. The Kier molecular flexibility index (Phi) is 4.61. The minimum absolute atomic E-state index is 0.521. The van der Waals surface area contributed by atoms with Gasteiger partial charge in [0.25, 0.3) is 0 Å². The summed E-state index contributed by atoms with van der Waals surface area (Å²) < 4.78 is 7.97. The molecule has 0 aliphatic carbocycles. The summed E-state index contributed by atoms with van der Waals surface area (Å²) in [6, 6.07) is 5.74. The van der Waals surface area contributed by atoms with Crippen LogP contribution < -0.4 is 4.74 Å². The maximum atomic E-state index is 10.3. The third kappa shape index (κ3) is 3.36. The van der Waals surface area contributed by atoms with Crippen molar-refractivity contribution in [2.24, 2.45) is 0 Å². The Balaban J connectivity index is 2.15. The summed E-state index contributed by atoms with van der Waals surface area (Å²) in [5.74, 6) is 0.787. The van der Waals surface area contributed by atoms with Gasteiger partial charge in [-0.05, 0) is 30.7 Å². The van der Waals surface area contributed by atoms with Crippen LogP contribution in [0.1, 0.15) is 24.2 Å². The minimum Gasteiger partial charge on any atom is -0.497 e. The van der Waals surface area contributed by atoms with Crippen molar-refractivity contribution in [2.75, 3.05) is 7.11 Å². The largest absolute Gasteiger partial charge is 0.497 e. The molecule has 5 heteroatoms. The fourth-order valence-corrected chi connectivity index (χ4v) is 2.29. The van der Waals surface area contributed by atoms with E-state index in [9.17, 15) is 5.11 Å². The summed E-state index contributed by atoms with van der Waals surface area (Å²) in [7, 11) is 1.63. The predicted octanol–water partition coefficient (Wildman–Crippen LogP) is 2.95. The van der Waals surface area contributed by atoms with E-state index in [0.29, 0.717) is 6.42 Å². The van der Waals surface area contributed by atoms with Gasteiger partial charge in [0.05, 0.1) is 19.4 Å². The Morgan fingerprint density at radius 2 is 2.26 bits per heavy atom. The van der Waals surface area contributed by atoms with Gasteiger partial charge in [-0.15, -0.1) is 0 Å². The second kappa shape index (κ2) is 6.21. The Bertz CT molecular complexity index is 554. The molecule has 1 unspecified atom stereocenters. The van der Waals surface area contributed by atoms with Crippen LogP contribution in [0.15, 0.2) is 35.1 Å². The standard InChI is InChI=1S/C14H17BrN2O2/c1-3-17-9-11(8-16-17)14(18)7-10-6-12(19-2)4-5-13(10)15/h4-6,8-9,14,18H,3,7H2,1-2H3. The molecule has 0 aliphatic heterocycles. The molecule has 0 aliphatic rings. The van der Waals surface area contributed by atoms with Crippen LogP contribution in [0.3, 0.4) is 0 Å². The van der Waals surface area contributed by atoms with E-state index in [1.165, 1.54) is 0 Å². The average Bonchev–Trinajstić information content (AvgIpc) is 2.90. The maximum Gasteiger partial charge on any atom is 0.119 e. The molecule has 1 heterocycles. The average molecular weight is 325 g/mol. The fraction of sp³-hybridized carbons (Fsp3) is 0.357. The van der Waals surface area contributed by atoms with Crippen molar-refractivity contribution in [3.8, 4) is 5.75 Å². The summed E-state index contributed by atoms with van der Waals surface area (Å²) in [5.41, 5.74) is 1.84. The molecule has 4 nitrogen and oxygen atoms in total. The van der Waals surface area contributed by atoms with Crippen LogP contribution in [0.4, 0.5) is 0 Å². The van der Waals surface area contributed by atoms with E-state index in [0.717, 1.165) is 27.9 Å². The zero-order chi connectivity index (χ0) is 13.8. The summed E-state index contributed by atoms with van der Waals surface area (Å²) >= 11 is 3.49. The van der Waals surface area contributed by atoms with Gasteiger partial charge >= 0.3 is 0 Å². The van der Waals surface area contributed by atoms with Crippen LogP contribution in [-0.4, -0.2) is 22.0 Å². The topological polar surface area (TPSA) is 47.3 Å². The molecular weight excluding hydrogens is 308 g/mol. The second-order valence-corrected chi connectivity index (χ2v) is 5.16. The first-order valence-corrected chi connectivity index (χ1v) is 6.96. The van der Waals surface area contributed by atoms with E-state index in [2.05, 4.69) is 21.0 Å². The van der Waals surface area contributed by atoms with Gasteiger partial charge in [0.2, 0.25) is 0 Å². The SMILES string of the molecule is CCn1cc(C(O)Cc2cc(OC)ccc2Br)cn1. The van der Waals surface area contributed by atoms with Crippen LogP contribution in [0, 0.1) is 0 Å². The summed E-state index contributed by atoms with van der Waals surface area (Å²) in [5, 5.41) is 14.4. The number of aryl methyl sites for hydroxylation is 1. The van der Waals surface area contributed by atoms with E-state index >= 15 is 0 Å². The van der Waals surface area contributed by atoms with Crippen LogP contribution in [0.2, 0.25) is 0 Å². The molecule has 0 saturated heterocycles. The van der Waals surface area contributed by atoms with Gasteiger partial charge in [-0.2, -0.15) is 5.10 Å². The Hall–Kier alpha value is -1.33. The lowest BCUT2D eigenvalue weighted by Gasteiger charge is -2.11. The van der Waals surface area contributed by atoms with Crippen LogP contribution >= 0.6 is 15.9 Å². The number of methoxy groups -OCH3 is 1. The van der Waals surface area contributed by atoms with E-state index in [-0.39, 0.29) is 0 Å². The first kappa shape index (κ1) is 14.1. The highest BCUT2D eigenvalue weighted by atomic mass is 79.9. The maximum absolute atomic E-state index is 10.3. The summed E-state index contributed by atoms with van der Waals surface area (Å²) in [4.78, 5) is 0. The van der Waals surface area contributed by atoms with Gasteiger partial charge in [-0.1, -0.05) is 15.9 Å². The predicted molar refractivity (Wildman–Crippen MR) is 77.3 cm³/mol. The molecule has 102 valence electrons. The van der Waals surface area contributed by atoms with Crippen molar-refractivity contribution in [1.29, 1.82) is 0 Å². The van der Waals surface area contributed by atoms with E-state index in [1.54, 1.807) is 18.0 Å². The molecular formula is C14H17BrN2O2. The van der Waals surface area contributed by atoms with Gasteiger partial charge in [0.15, 0.2) is 0 Å². The summed E-state index contributed by atoms with van der Waals surface area (Å²) in [6.07, 6.45) is 3.54. The van der Waals surface area contributed by atoms with Crippen molar-refractivity contribution < 1.29 is 9.84 Å². The zero-order valence-electron chi connectivity index (χ0n) is 11.0. The van der Waals surface area contributed by atoms with Gasteiger partial charge in [-0.25, -0.2) is 0 Å². The number of benzene rings is 1. The van der Waals surface area contributed by atoms with Gasteiger partial charge in [0.1, 0.15) is 5.75 Å². The van der Waals surface area contributed by atoms with Gasteiger partial charge in [-0.3, -0.25) is 4.68 Å². The molecule has 1 atom stereocenters. The van der Waals surface area contributed by atoms with Crippen LogP contribution in [0.5, 0.6) is 5.75 Å². The van der Waals surface area contributed by atoms with Gasteiger partial charge in [0, 0.05) is 29.2 Å². The van der Waals surface area contributed by atoms with Crippen LogP contribution in [-0.2, 0) is 13.0 Å². The first-order valence-electron chi connectivity index (χ1n) is 6.17. The molecule has 1 aromatic heterocycles. The highest BCUT2D eigenvalue weighted by Crippen LogP contribution is 2.27. The second-order valence-electron chi connectivity index (χ2n) is 4.31. The number of aliphatic hydroxyl groups excluding tert-OH is 1. The third-order valence-corrected chi connectivity index (χ3v) is 3.80. The van der Waals surface area contributed by atoms with Crippen LogP contribution in [0.25, 0.3) is 0 Å². The van der Waals surface area contributed by atoms with Gasteiger partial charge < -0.3 is 9.84 Å². The normalized spacial score (nSPS) is 12.4. The Morgan fingerprint density at radius 1 is 1.47 bits per heavy atom. The number of rotatable bonds is 5. The van der Waals surface area contributed by atoms with Crippen molar-refractivity contribution in [1.82, 2.24) is 9.78 Å². The van der Waals surface area contributed by atoms with E-state index in [4.69, 9.17) is 4.74 Å². The lowest BCUT2D eigenvalue weighted by molar-refractivity contribution is 0.178. The molecule has 0 saturated carbocycles. The molecule has 0 radical (unpaired) electrons. The number of hydrogen-bond donors (Lipinski definition) is 1. The zero-order valence-corrected chi connectivity index (χ0v) is 12.6. The van der Waals surface area contributed by atoms with Crippen molar-refractivity contribution in [3.05, 3.63) is 46.2 Å². The lowest BCUT2D eigenvalue weighted by Crippen LogP contribution is -2.02. The molecule has 19 heavy (non-hydrogen) atoms.